The highest BCUT2D eigenvalue weighted by atomic mass is 16.3. The Bertz CT molecular complexity index is 288. The van der Waals surface area contributed by atoms with E-state index in [-0.39, 0.29) is 6.04 Å². The Labute approximate surface area is 79.4 Å². The summed E-state index contributed by atoms with van der Waals surface area (Å²) >= 11 is 0. The van der Waals surface area contributed by atoms with Crippen molar-refractivity contribution in [1.29, 1.82) is 0 Å². The maximum absolute atomic E-state index is 6.00. The fourth-order valence-electron chi connectivity index (χ4n) is 1.45. The van der Waals surface area contributed by atoms with E-state index in [1.54, 1.807) is 6.26 Å². The third-order valence-electron chi connectivity index (χ3n) is 2.07. The summed E-state index contributed by atoms with van der Waals surface area (Å²) in [5.74, 6) is 0.994. The zero-order valence-electron chi connectivity index (χ0n) is 8.34. The summed E-state index contributed by atoms with van der Waals surface area (Å²) in [5.41, 5.74) is 8.22. The van der Waals surface area contributed by atoms with Crippen molar-refractivity contribution in [3.8, 4) is 0 Å². The van der Waals surface area contributed by atoms with Gasteiger partial charge >= 0.3 is 0 Å². The zero-order chi connectivity index (χ0) is 9.84. The lowest BCUT2D eigenvalue weighted by Crippen LogP contribution is -2.11. The van der Waals surface area contributed by atoms with Gasteiger partial charge in [0, 0.05) is 18.0 Å². The van der Waals surface area contributed by atoms with Crippen molar-refractivity contribution in [2.24, 2.45) is 5.73 Å². The van der Waals surface area contributed by atoms with Crippen LogP contribution in [0.3, 0.4) is 0 Å². The first-order valence-electron chi connectivity index (χ1n) is 4.61. The van der Waals surface area contributed by atoms with Crippen molar-refractivity contribution in [3.05, 3.63) is 35.8 Å². The van der Waals surface area contributed by atoms with Crippen LogP contribution in [0, 0.1) is 0 Å². The fraction of sp³-hybridized carbons (Fsp3) is 0.455. The number of hydrogen-bond donors (Lipinski definition) is 1. The van der Waals surface area contributed by atoms with Crippen molar-refractivity contribution in [2.45, 2.75) is 32.7 Å². The van der Waals surface area contributed by atoms with Gasteiger partial charge in [0.05, 0.1) is 6.26 Å². The second kappa shape index (κ2) is 4.28. The van der Waals surface area contributed by atoms with Gasteiger partial charge in [-0.2, -0.15) is 0 Å². The number of nitrogens with two attached hydrogens (primary N) is 1. The lowest BCUT2D eigenvalue weighted by Gasteiger charge is -2.10. The van der Waals surface area contributed by atoms with Gasteiger partial charge in [-0.15, -0.1) is 6.58 Å². The van der Waals surface area contributed by atoms with Gasteiger partial charge in [-0.3, -0.25) is 0 Å². The Morgan fingerprint density at radius 3 is 2.92 bits per heavy atom. The molecule has 1 aromatic heterocycles. The monoisotopic (exact) mass is 179 g/mol. The zero-order valence-corrected chi connectivity index (χ0v) is 8.34. The second-order valence-corrected chi connectivity index (χ2v) is 3.42. The maximum Gasteiger partial charge on any atom is 0.108 e. The van der Waals surface area contributed by atoms with Gasteiger partial charge in [-0.25, -0.2) is 0 Å². The number of furan rings is 1. The van der Waals surface area contributed by atoms with Crippen molar-refractivity contribution in [2.75, 3.05) is 0 Å². The summed E-state index contributed by atoms with van der Waals surface area (Å²) in [7, 11) is 0. The molecule has 0 aromatic carbocycles. The highest BCUT2D eigenvalue weighted by Crippen LogP contribution is 2.22. The molecule has 1 heterocycles. The molecule has 1 atom stereocenters. The van der Waals surface area contributed by atoms with E-state index in [0.717, 1.165) is 29.7 Å². The molecular formula is C11H17NO. The van der Waals surface area contributed by atoms with Crippen LogP contribution < -0.4 is 5.73 Å². The molecule has 0 amide bonds. The predicted molar refractivity (Wildman–Crippen MR) is 54.4 cm³/mol. The minimum absolute atomic E-state index is 0.0335. The van der Waals surface area contributed by atoms with E-state index in [1.165, 1.54) is 0 Å². The molecule has 2 heteroatoms. The van der Waals surface area contributed by atoms with Crippen LogP contribution in [0.5, 0.6) is 0 Å². The molecule has 0 aliphatic carbocycles. The average Bonchev–Trinajstić information content (AvgIpc) is 2.49. The molecule has 2 nitrogen and oxygen atoms in total. The fourth-order valence-corrected chi connectivity index (χ4v) is 1.45. The minimum Gasteiger partial charge on any atom is -0.469 e. The molecule has 72 valence electrons. The molecule has 0 bridgehead atoms. The summed E-state index contributed by atoms with van der Waals surface area (Å²) < 4.78 is 5.31. The molecule has 0 fully saturated rings. The van der Waals surface area contributed by atoms with E-state index in [0.29, 0.717) is 0 Å². The van der Waals surface area contributed by atoms with Gasteiger partial charge in [0.2, 0.25) is 0 Å². The highest BCUT2D eigenvalue weighted by molar-refractivity contribution is 5.22. The summed E-state index contributed by atoms with van der Waals surface area (Å²) in [6, 6.07) is 1.98. The van der Waals surface area contributed by atoms with Gasteiger partial charge in [-0.05, 0) is 19.4 Å². The Hall–Kier alpha value is -1.02. The maximum atomic E-state index is 6.00. The molecular weight excluding hydrogens is 162 g/mol. The lowest BCUT2D eigenvalue weighted by atomic mass is 10.0. The third-order valence-corrected chi connectivity index (χ3v) is 2.07. The van der Waals surface area contributed by atoms with Gasteiger partial charge < -0.3 is 10.2 Å². The van der Waals surface area contributed by atoms with Crippen LogP contribution in [0.2, 0.25) is 0 Å². The minimum atomic E-state index is 0.0335. The first kappa shape index (κ1) is 10.1. The SMILES string of the molecule is C=C(C)CC(N)c1ccoc1CC. The summed E-state index contributed by atoms with van der Waals surface area (Å²) in [4.78, 5) is 0. The van der Waals surface area contributed by atoms with Crippen molar-refractivity contribution in [3.63, 3.8) is 0 Å². The molecule has 1 unspecified atom stereocenters. The molecule has 2 N–H and O–H groups in total. The van der Waals surface area contributed by atoms with Crippen molar-refractivity contribution < 1.29 is 4.42 Å². The standard InChI is InChI=1S/C11H17NO/c1-4-11-9(5-6-13-11)10(12)7-8(2)3/h5-6,10H,2,4,7,12H2,1,3H3. The molecule has 13 heavy (non-hydrogen) atoms. The molecule has 0 spiro atoms. The smallest absolute Gasteiger partial charge is 0.108 e. The van der Waals surface area contributed by atoms with Crippen LogP contribution in [0.25, 0.3) is 0 Å². The van der Waals surface area contributed by atoms with E-state index in [1.807, 2.05) is 13.0 Å². The second-order valence-electron chi connectivity index (χ2n) is 3.42. The number of hydrogen-bond acceptors (Lipinski definition) is 2. The molecule has 0 radical (unpaired) electrons. The molecule has 0 aliphatic rings. The normalized spacial score (nSPS) is 12.8. The Morgan fingerprint density at radius 2 is 2.38 bits per heavy atom. The Morgan fingerprint density at radius 1 is 1.69 bits per heavy atom. The largest absolute Gasteiger partial charge is 0.469 e. The number of rotatable bonds is 4. The van der Waals surface area contributed by atoms with E-state index < -0.39 is 0 Å². The highest BCUT2D eigenvalue weighted by Gasteiger charge is 2.12. The quantitative estimate of drug-likeness (QED) is 0.722. The third kappa shape index (κ3) is 2.46. The van der Waals surface area contributed by atoms with Gasteiger partial charge in [0.15, 0.2) is 0 Å². The molecule has 0 saturated carbocycles. The van der Waals surface area contributed by atoms with Crippen molar-refractivity contribution in [1.82, 2.24) is 0 Å². The van der Waals surface area contributed by atoms with E-state index in [9.17, 15) is 0 Å². The van der Waals surface area contributed by atoms with Crippen LogP contribution in [-0.2, 0) is 6.42 Å². The molecule has 0 saturated heterocycles. The molecule has 1 rings (SSSR count). The van der Waals surface area contributed by atoms with Crippen LogP contribution in [0.4, 0.5) is 0 Å². The molecule has 1 aromatic rings. The van der Waals surface area contributed by atoms with Crippen LogP contribution >= 0.6 is 0 Å². The van der Waals surface area contributed by atoms with Crippen LogP contribution in [0.1, 0.15) is 37.6 Å². The summed E-state index contributed by atoms with van der Waals surface area (Å²) in [6.45, 7) is 7.91. The van der Waals surface area contributed by atoms with E-state index in [2.05, 4.69) is 13.5 Å². The Balaban J connectivity index is 2.75. The average molecular weight is 179 g/mol. The summed E-state index contributed by atoms with van der Waals surface area (Å²) in [5, 5.41) is 0. The topological polar surface area (TPSA) is 39.2 Å². The van der Waals surface area contributed by atoms with Gasteiger partial charge in [0.1, 0.15) is 5.76 Å². The van der Waals surface area contributed by atoms with Crippen LogP contribution in [0.15, 0.2) is 28.9 Å². The van der Waals surface area contributed by atoms with Crippen LogP contribution in [-0.4, -0.2) is 0 Å². The van der Waals surface area contributed by atoms with E-state index >= 15 is 0 Å². The predicted octanol–water partition coefficient (Wildman–Crippen LogP) is 2.81. The lowest BCUT2D eigenvalue weighted by molar-refractivity contribution is 0.505. The first-order chi connectivity index (χ1) is 6.15. The Kier molecular flexibility index (Phi) is 3.32. The summed E-state index contributed by atoms with van der Waals surface area (Å²) in [6.07, 6.45) is 3.42. The van der Waals surface area contributed by atoms with Crippen molar-refractivity contribution >= 4 is 0 Å². The van der Waals surface area contributed by atoms with Gasteiger partial charge in [-0.1, -0.05) is 12.5 Å². The first-order valence-corrected chi connectivity index (χ1v) is 4.61. The van der Waals surface area contributed by atoms with E-state index in [4.69, 9.17) is 10.2 Å². The van der Waals surface area contributed by atoms with Gasteiger partial charge in [0.25, 0.3) is 0 Å². The molecule has 0 aliphatic heterocycles. The number of aryl methyl sites for hydroxylation is 1.